The van der Waals surface area contributed by atoms with Crippen LogP contribution in [-0.4, -0.2) is 13.6 Å². The second kappa shape index (κ2) is 7.26. The third-order valence-corrected chi connectivity index (χ3v) is 1.67. The predicted molar refractivity (Wildman–Crippen MR) is 59.9 cm³/mol. The molecule has 0 saturated heterocycles. The fourth-order valence-corrected chi connectivity index (χ4v) is 0.865. The summed E-state index contributed by atoms with van der Waals surface area (Å²) < 4.78 is 0. The Kier molecular flexibility index (Phi) is 8.56. The topological polar surface area (TPSA) is 3.24 Å². The van der Waals surface area contributed by atoms with E-state index in [2.05, 4.69) is 43.1 Å². The van der Waals surface area contributed by atoms with Crippen molar-refractivity contribution in [2.24, 2.45) is 0 Å². The van der Waals surface area contributed by atoms with Gasteiger partial charge in [0.2, 0.25) is 0 Å². The zero-order valence-electron chi connectivity index (χ0n) is 7.36. The lowest BCUT2D eigenvalue weighted by molar-refractivity contribution is 0.968. The van der Waals surface area contributed by atoms with Gasteiger partial charge in [0.05, 0.1) is 0 Å². The van der Waals surface area contributed by atoms with E-state index in [0.29, 0.717) is 0 Å². The SMILES string of the molecule is CCN(C)c1ccccc1.Cl.Cl. The second-order valence-corrected chi connectivity index (χ2v) is 2.35. The smallest absolute Gasteiger partial charge is 0.0363 e. The van der Waals surface area contributed by atoms with Crippen LogP contribution in [0.3, 0.4) is 0 Å². The summed E-state index contributed by atoms with van der Waals surface area (Å²) in [5.41, 5.74) is 1.28. The van der Waals surface area contributed by atoms with E-state index >= 15 is 0 Å². The molecule has 0 bridgehead atoms. The van der Waals surface area contributed by atoms with E-state index in [1.54, 1.807) is 0 Å². The number of nitrogens with zero attached hydrogens (tertiary/aromatic N) is 1. The molecule has 1 nitrogen and oxygen atoms in total. The Morgan fingerprint density at radius 2 is 1.58 bits per heavy atom. The molecule has 0 amide bonds. The molecule has 0 N–H and O–H groups in total. The molecule has 1 aromatic carbocycles. The standard InChI is InChI=1S/C9H13N.2ClH/c1-3-10(2)9-7-5-4-6-8-9;;/h4-8H,3H2,1-2H3;2*1H. The summed E-state index contributed by atoms with van der Waals surface area (Å²) in [4.78, 5) is 2.21. The van der Waals surface area contributed by atoms with E-state index in [-0.39, 0.29) is 24.8 Å². The molecule has 0 aromatic heterocycles. The Labute approximate surface area is 86.6 Å². The van der Waals surface area contributed by atoms with E-state index < -0.39 is 0 Å². The van der Waals surface area contributed by atoms with Gasteiger partial charge in [-0.3, -0.25) is 0 Å². The lowest BCUT2D eigenvalue weighted by Gasteiger charge is -2.15. The molecule has 3 heteroatoms. The van der Waals surface area contributed by atoms with Crippen molar-refractivity contribution in [2.45, 2.75) is 6.92 Å². The normalized spacial score (nSPS) is 7.83. The highest BCUT2D eigenvalue weighted by molar-refractivity contribution is 5.85. The molecular weight excluding hydrogens is 193 g/mol. The molecule has 70 valence electrons. The summed E-state index contributed by atoms with van der Waals surface area (Å²) in [6.45, 7) is 3.21. The average molecular weight is 208 g/mol. The van der Waals surface area contributed by atoms with Gasteiger partial charge in [-0.2, -0.15) is 0 Å². The first-order valence-electron chi connectivity index (χ1n) is 3.60. The van der Waals surface area contributed by atoms with Crippen LogP contribution in [0.4, 0.5) is 5.69 Å². The van der Waals surface area contributed by atoms with Crippen molar-refractivity contribution in [3.63, 3.8) is 0 Å². The minimum atomic E-state index is 0. The van der Waals surface area contributed by atoms with E-state index in [1.807, 2.05) is 6.07 Å². The van der Waals surface area contributed by atoms with E-state index in [4.69, 9.17) is 0 Å². The van der Waals surface area contributed by atoms with Gasteiger partial charge in [0, 0.05) is 19.3 Å². The largest absolute Gasteiger partial charge is 0.375 e. The molecule has 1 aromatic rings. The minimum Gasteiger partial charge on any atom is -0.375 e. The average Bonchev–Trinajstić information content (AvgIpc) is 2.05. The minimum absolute atomic E-state index is 0. The molecule has 1 rings (SSSR count). The highest BCUT2D eigenvalue weighted by Crippen LogP contribution is 2.09. The van der Waals surface area contributed by atoms with Gasteiger partial charge in [0.15, 0.2) is 0 Å². The van der Waals surface area contributed by atoms with Gasteiger partial charge in [-0.1, -0.05) is 18.2 Å². The van der Waals surface area contributed by atoms with Gasteiger partial charge in [-0.15, -0.1) is 24.8 Å². The van der Waals surface area contributed by atoms with Crippen LogP contribution in [0.2, 0.25) is 0 Å². The molecule has 0 unspecified atom stereocenters. The summed E-state index contributed by atoms with van der Waals surface area (Å²) >= 11 is 0. The van der Waals surface area contributed by atoms with Crippen molar-refractivity contribution >= 4 is 30.5 Å². The van der Waals surface area contributed by atoms with Crippen LogP contribution >= 0.6 is 24.8 Å². The highest BCUT2D eigenvalue weighted by Gasteiger charge is 1.92. The first-order chi connectivity index (χ1) is 4.84. The quantitative estimate of drug-likeness (QED) is 0.722. The highest BCUT2D eigenvalue weighted by atomic mass is 35.5. The number of hydrogen-bond acceptors (Lipinski definition) is 1. The van der Waals surface area contributed by atoms with Crippen molar-refractivity contribution < 1.29 is 0 Å². The Hall–Kier alpha value is -0.400. The Bertz CT molecular complexity index is 189. The zero-order chi connectivity index (χ0) is 7.40. The molecular formula is C9H15Cl2N. The van der Waals surface area contributed by atoms with Crippen LogP contribution in [-0.2, 0) is 0 Å². The van der Waals surface area contributed by atoms with E-state index in [1.165, 1.54) is 5.69 Å². The maximum Gasteiger partial charge on any atom is 0.0363 e. The number of rotatable bonds is 2. The van der Waals surface area contributed by atoms with Crippen molar-refractivity contribution in [3.8, 4) is 0 Å². The number of anilines is 1. The molecule has 0 aliphatic rings. The number of para-hydroxylation sites is 1. The molecule has 0 heterocycles. The number of halogens is 2. The van der Waals surface area contributed by atoms with Crippen LogP contribution < -0.4 is 4.90 Å². The maximum atomic E-state index is 2.21. The van der Waals surface area contributed by atoms with Crippen LogP contribution in [0.25, 0.3) is 0 Å². The van der Waals surface area contributed by atoms with Gasteiger partial charge >= 0.3 is 0 Å². The number of hydrogen-bond donors (Lipinski definition) is 0. The molecule has 0 atom stereocenters. The first kappa shape index (κ1) is 14.1. The molecule has 0 radical (unpaired) electrons. The van der Waals surface area contributed by atoms with E-state index in [9.17, 15) is 0 Å². The summed E-state index contributed by atoms with van der Waals surface area (Å²) in [5.74, 6) is 0. The fourth-order valence-electron chi connectivity index (χ4n) is 0.865. The predicted octanol–water partition coefficient (Wildman–Crippen LogP) is 2.99. The van der Waals surface area contributed by atoms with Gasteiger partial charge < -0.3 is 4.90 Å². The Morgan fingerprint density at radius 3 is 2.00 bits per heavy atom. The van der Waals surface area contributed by atoms with Crippen molar-refractivity contribution in [1.29, 1.82) is 0 Å². The second-order valence-electron chi connectivity index (χ2n) is 2.35. The summed E-state index contributed by atoms with van der Waals surface area (Å²) in [5, 5.41) is 0. The summed E-state index contributed by atoms with van der Waals surface area (Å²) in [6, 6.07) is 10.4. The molecule has 0 aliphatic heterocycles. The summed E-state index contributed by atoms with van der Waals surface area (Å²) in [7, 11) is 2.09. The van der Waals surface area contributed by atoms with Crippen LogP contribution in [0.1, 0.15) is 6.92 Å². The zero-order valence-corrected chi connectivity index (χ0v) is 8.99. The number of benzene rings is 1. The fraction of sp³-hybridized carbons (Fsp3) is 0.333. The van der Waals surface area contributed by atoms with Gasteiger partial charge in [0.1, 0.15) is 0 Å². The Balaban J connectivity index is 0. The summed E-state index contributed by atoms with van der Waals surface area (Å²) in [6.07, 6.45) is 0. The van der Waals surface area contributed by atoms with Crippen LogP contribution in [0, 0.1) is 0 Å². The molecule has 0 aliphatic carbocycles. The third kappa shape index (κ3) is 3.84. The molecule has 0 fully saturated rings. The van der Waals surface area contributed by atoms with Crippen LogP contribution in [0.15, 0.2) is 30.3 Å². The van der Waals surface area contributed by atoms with E-state index in [0.717, 1.165) is 6.54 Å². The molecule has 0 spiro atoms. The van der Waals surface area contributed by atoms with Gasteiger partial charge in [-0.05, 0) is 19.1 Å². The van der Waals surface area contributed by atoms with Crippen LogP contribution in [0.5, 0.6) is 0 Å². The lowest BCUT2D eigenvalue weighted by atomic mass is 10.3. The lowest BCUT2D eigenvalue weighted by Crippen LogP contribution is -2.15. The Morgan fingerprint density at radius 1 is 1.08 bits per heavy atom. The first-order valence-corrected chi connectivity index (χ1v) is 3.60. The molecule has 12 heavy (non-hydrogen) atoms. The maximum absolute atomic E-state index is 2.21. The van der Waals surface area contributed by atoms with Gasteiger partial charge in [-0.25, -0.2) is 0 Å². The third-order valence-electron chi connectivity index (χ3n) is 1.67. The monoisotopic (exact) mass is 207 g/mol. The molecule has 0 saturated carbocycles. The van der Waals surface area contributed by atoms with Gasteiger partial charge in [0.25, 0.3) is 0 Å². The van der Waals surface area contributed by atoms with Crippen molar-refractivity contribution in [3.05, 3.63) is 30.3 Å². The van der Waals surface area contributed by atoms with Crippen molar-refractivity contribution in [2.75, 3.05) is 18.5 Å². The van der Waals surface area contributed by atoms with Crippen molar-refractivity contribution in [1.82, 2.24) is 0 Å².